The molecule has 0 saturated carbocycles. The van der Waals surface area contributed by atoms with Crippen LogP contribution in [0.5, 0.6) is 0 Å². The minimum atomic E-state index is 0.446. The van der Waals surface area contributed by atoms with Gasteiger partial charge in [0.05, 0.1) is 21.8 Å². The van der Waals surface area contributed by atoms with Crippen LogP contribution in [0.15, 0.2) is 42.5 Å². The van der Waals surface area contributed by atoms with E-state index in [1.807, 2.05) is 6.07 Å². The van der Waals surface area contributed by atoms with E-state index >= 15 is 0 Å². The molecule has 0 bridgehead atoms. The van der Waals surface area contributed by atoms with Gasteiger partial charge in [-0.05, 0) is 55.5 Å². The number of nitriles is 1. The van der Waals surface area contributed by atoms with E-state index in [4.69, 9.17) is 4.98 Å². The predicted molar refractivity (Wildman–Crippen MR) is 135 cm³/mol. The van der Waals surface area contributed by atoms with Gasteiger partial charge in [-0.25, -0.2) is 4.98 Å². The number of rotatable bonds is 8. The lowest BCUT2D eigenvalue weighted by molar-refractivity contribution is 0.142. The summed E-state index contributed by atoms with van der Waals surface area (Å²) in [5.41, 5.74) is 4.35. The maximum atomic E-state index is 9.32. The molecule has 1 atom stereocenters. The molecule has 1 aliphatic heterocycles. The molecule has 0 spiro atoms. The average Bonchev–Trinajstić information content (AvgIpc) is 3.26. The summed E-state index contributed by atoms with van der Waals surface area (Å²) >= 11 is 1.80. The van der Waals surface area contributed by atoms with E-state index in [1.54, 1.807) is 11.3 Å². The van der Waals surface area contributed by atoms with Crippen LogP contribution >= 0.6 is 11.3 Å². The minimum absolute atomic E-state index is 0.446. The second kappa shape index (κ2) is 10.5. The predicted octanol–water partition coefficient (Wildman–Crippen LogP) is 6.70. The van der Waals surface area contributed by atoms with Crippen LogP contribution in [-0.2, 0) is 0 Å². The zero-order valence-corrected chi connectivity index (χ0v) is 20.4. The Labute approximate surface area is 196 Å². The Morgan fingerprint density at radius 1 is 1.19 bits per heavy atom. The monoisotopic (exact) mass is 446 g/mol. The lowest BCUT2D eigenvalue weighted by Crippen LogP contribution is -2.44. The largest absolute Gasteiger partial charge is 0.348 e. The molecule has 4 nitrogen and oxygen atoms in total. The van der Waals surface area contributed by atoms with Crippen molar-refractivity contribution in [2.45, 2.75) is 64.5 Å². The summed E-state index contributed by atoms with van der Waals surface area (Å²) in [6.45, 7) is 6.54. The summed E-state index contributed by atoms with van der Waals surface area (Å²) in [6, 6.07) is 18.1. The Kier molecular flexibility index (Phi) is 7.44. The van der Waals surface area contributed by atoms with Crippen molar-refractivity contribution in [3.8, 4) is 6.07 Å². The van der Waals surface area contributed by atoms with Crippen LogP contribution in [0.2, 0.25) is 0 Å². The highest BCUT2D eigenvalue weighted by atomic mass is 32.1. The molecule has 32 heavy (non-hydrogen) atoms. The van der Waals surface area contributed by atoms with E-state index in [0.717, 1.165) is 47.7 Å². The fourth-order valence-corrected chi connectivity index (χ4v) is 5.92. The van der Waals surface area contributed by atoms with E-state index in [2.05, 4.69) is 73.2 Å². The van der Waals surface area contributed by atoms with Crippen LogP contribution in [-0.4, -0.2) is 36.1 Å². The van der Waals surface area contributed by atoms with Gasteiger partial charge in [0.15, 0.2) is 5.13 Å². The second-order valence-corrected chi connectivity index (χ2v) is 10.0. The van der Waals surface area contributed by atoms with Gasteiger partial charge in [0.25, 0.3) is 0 Å². The molecule has 2 heterocycles. The van der Waals surface area contributed by atoms with E-state index in [-0.39, 0.29) is 0 Å². The number of hydrogen-bond donors (Lipinski definition) is 0. The third-order valence-electron chi connectivity index (χ3n) is 6.91. The van der Waals surface area contributed by atoms with Gasteiger partial charge >= 0.3 is 0 Å². The van der Waals surface area contributed by atoms with Gasteiger partial charge < -0.3 is 4.90 Å². The van der Waals surface area contributed by atoms with Gasteiger partial charge in [0.2, 0.25) is 0 Å². The first-order chi connectivity index (χ1) is 15.6. The quantitative estimate of drug-likeness (QED) is 0.361. The average molecular weight is 447 g/mol. The molecule has 1 saturated heterocycles. The van der Waals surface area contributed by atoms with E-state index in [0.29, 0.717) is 12.1 Å². The molecule has 2 aromatic carbocycles. The van der Waals surface area contributed by atoms with Crippen molar-refractivity contribution in [2.75, 3.05) is 25.0 Å². The zero-order chi connectivity index (χ0) is 22.5. The lowest BCUT2D eigenvalue weighted by atomic mass is 9.93. The molecule has 1 aromatic heterocycles. The number of piperidine rings is 1. The fraction of sp³-hybridized carbons (Fsp3) is 0.481. The van der Waals surface area contributed by atoms with Crippen molar-refractivity contribution < 1.29 is 0 Å². The van der Waals surface area contributed by atoms with Crippen molar-refractivity contribution in [3.63, 3.8) is 0 Å². The highest BCUT2D eigenvalue weighted by Gasteiger charge is 2.29. The Bertz CT molecular complexity index is 1040. The molecule has 1 aliphatic rings. The Balaban J connectivity index is 1.45. The van der Waals surface area contributed by atoms with Gasteiger partial charge in [-0.2, -0.15) is 5.26 Å². The van der Waals surface area contributed by atoms with E-state index < -0.39 is 0 Å². The zero-order valence-electron chi connectivity index (χ0n) is 19.6. The molecule has 168 valence electrons. The first kappa shape index (κ1) is 22.8. The Morgan fingerprint density at radius 2 is 1.97 bits per heavy atom. The number of fused-ring (bicyclic) bond motifs is 1. The maximum Gasteiger partial charge on any atom is 0.186 e. The molecule has 0 amide bonds. The van der Waals surface area contributed by atoms with Crippen LogP contribution in [0, 0.1) is 18.3 Å². The summed E-state index contributed by atoms with van der Waals surface area (Å²) < 4.78 is 1.26. The Hall–Kier alpha value is -2.42. The molecule has 5 heteroatoms. The van der Waals surface area contributed by atoms with Gasteiger partial charge in [-0.3, -0.25) is 4.90 Å². The van der Waals surface area contributed by atoms with Crippen LogP contribution in [0.4, 0.5) is 5.13 Å². The molecule has 1 unspecified atom stereocenters. The fourth-order valence-electron chi connectivity index (χ4n) is 4.92. The molecule has 1 fully saturated rings. The van der Waals surface area contributed by atoms with E-state index in [1.165, 1.54) is 35.9 Å². The van der Waals surface area contributed by atoms with Gasteiger partial charge in [-0.15, -0.1) is 0 Å². The normalized spacial score (nSPS) is 16.2. The number of benzene rings is 2. The number of likely N-dealkylation sites (tertiary alicyclic amines) is 1. The number of anilines is 1. The van der Waals surface area contributed by atoms with Gasteiger partial charge in [0, 0.05) is 32.2 Å². The number of aryl methyl sites for hydroxylation is 1. The van der Waals surface area contributed by atoms with Crippen LogP contribution in [0.1, 0.15) is 68.2 Å². The molecule has 0 radical (unpaired) electrons. The standard InChI is InChI=1S/C27H34N4S/c1-4-5-6-10-25(21-12-13-22(19-28)20(2)18-21)31-16-14-23(15-17-31)30(3)27-29-24-9-7-8-11-26(24)32-27/h7-9,11-13,18,23,25H,4-6,10,14-17H2,1-3H3. The first-order valence-electron chi connectivity index (χ1n) is 11.9. The molecule has 3 aromatic rings. The smallest absolute Gasteiger partial charge is 0.186 e. The van der Waals surface area contributed by atoms with Gasteiger partial charge in [-0.1, -0.05) is 61.8 Å². The number of hydrogen-bond acceptors (Lipinski definition) is 5. The molecular formula is C27H34N4S. The van der Waals surface area contributed by atoms with Crippen molar-refractivity contribution in [2.24, 2.45) is 0 Å². The van der Waals surface area contributed by atoms with Crippen molar-refractivity contribution >= 4 is 26.7 Å². The molecule has 0 N–H and O–H groups in total. The summed E-state index contributed by atoms with van der Waals surface area (Å²) in [7, 11) is 2.21. The number of unbranched alkanes of at least 4 members (excludes halogenated alkanes) is 2. The van der Waals surface area contributed by atoms with E-state index in [9.17, 15) is 5.26 Å². The number of para-hydroxylation sites is 1. The third-order valence-corrected chi connectivity index (χ3v) is 8.04. The number of aromatic nitrogens is 1. The van der Waals surface area contributed by atoms with Crippen molar-refractivity contribution in [3.05, 3.63) is 59.2 Å². The van der Waals surface area contributed by atoms with Gasteiger partial charge in [0.1, 0.15) is 0 Å². The van der Waals surface area contributed by atoms with Crippen LogP contribution in [0.25, 0.3) is 10.2 Å². The number of nitrogens with zero attached hydrogens (tertiary/aromatic N) is 4. The Morgan fingerprint density at radius 3 is 2.66 bits per heavy atom. The number of thiazole rings is 1. The molecule has 4 rings (SSSR count). The highest BCUT2D eigenvalue weighted by molar-refractivity contribution is 7.22. The van der Waals surface area contributed by atoms with Crippen molar-refractivity contribution in [1.29, 1.82) is 5.26 Å². The maximum absolute atomic E-state index is 9.32. The molecule has 0 aliphatic carbocycles. The summed E-state index contributed by atoms with van der Waals surface area (Å²) in [6.07, 6.45) is 7.29. The third kappa shape index (κ3) is 4.98. The van der Waals surface area contributed by atoms with Crippen molar-refractivity contribution in [1.82, 2.24) is 9.88 Å². The lowest BCUT2D eigenvalue weighted by Gasteiger charge is -2.40. The topological polar surface area (TPSA) is 43.2 Å². The second-order valence-electron chi connectivity index (χ2n) is 9.04. The van der Waals surface area contributed by atoms with Crippen LogP contribution in [0.3, 0.4) is 0 Å². The summed E-state index contributed by atoms with van der Waals surface area (Å²) in [5, 5.41) is 10.5. The highest BCUT2D eigenvalue weighted by Crippen LogP contribution is 2.34. The first-order valence-corrected chi connectivity index (χ1v) is 12.8. The minimum Gasteiger partial charge on any atom is -0.348 e. The summed E-state index contributed by atoms with van der Waals surface area (Å²) in [4.78, 5) is 9.95. The summed E-state index contributed by atoms with van der Waals surface area (Å²) in [5.74, 6) is 0. The molecular weight excluding hydrogens is 412 g/mol. The SMILES string of the molecule is CCCCCC(c1ccc(C#N)c(C)c1)N1CCC(N(C)c2nc3ccccc3s2)CC1. The van der Waals surface area contributed by atoms with Crippen LogP contribution < -0.4 is 4.90 Å².